The number of carbonyl (C=O) groups is 2. The van der Waals surface area contributed by atoms with Gasteiger partial charge in [-0.05, 0) is 45.4 Å². The number of fused-ring (bicyclic) bond motifs is 2. The van der Waals surface area contributed by atoms with E-state index in [1.54, 1.807) is 51.1 Å². The molecule has 0 saturated carbocycles. The Morgan fingerprint density at radius 3 is 2.71 bits per heavy atom. The third kappa shape index (κ3) is 6.40. The zero-order chi connectivity index (χ0) is 30.0. The SMILES string of the molecule is COc1ccc2ncc(F)c(CN(CCC(O)C3CN(c4ccc5c(c4)OCCO5)C(=O)O3)C(=O)OC(C)(C)C)c2n1. The van der Waals surface area contributed by atoms with E-state index in [-0.39, 0.29) is 43.0 Å². The van der Waals surface area contributed by atoms with Gasteiger partial charge in [0.2, 0.25) is 5.88 Å². The number of amides is 2. The molecule has 0 spiro atoms. The molecular weight excluding hydrogens is 551 g/mol. The number of aliphatic hydroxyl groups is 1. The number of hydrogen-bond acceptors (Lipinski definition) is 10. The highest BCUT2D eigenvalue weighted by Gasteiger charge is 2.38. The number of carbonyl (C=O) groups excluding carboxylic acids is 2. The number of halogens is 1. The van der Waals surface area contributed by atoms with Crippen LogP contribution < -0.4 is 19.1 Å². The molecule has 4 heterocycles. The lowest BCUT2D eigenvalue weighted by molar-refractivity contribution is 0.00638. The van der Waals surface area contributed by atoms with E-state index in [0.717, 1.165) is 6.20 Å². The minimum atomic E-state index is -1.13. The van der Waals surface area contributed by atoms with Crippen LogP contribution in [0, 0.1) is 5.82 Å². The van der Waals surface area contributed by atoms with E-state index >= 15 is 4.39 Å². The molecule has 3 aromatic rings. The Morgan fingerprint density at radius 1 is 1.21 bits per heavy atom. The molecule has 224 valence electrons. The van der Waals surface area contributed by atoms with E-state index in [2.05, 4.69) is 9.97 Å². The molecule has 2 aromatic heterocycles. The van der Waals surface area contributed by atoms with Crippen molar-refractivity contribution in [2.24, 2.45) is 0 Å². The molecule has 0 bridgehead atoms. The Kier molecular flexibility index (Phi) is 8.21. The second-order valence-electron chi connectivity index (χ2n) is 10.9. The molecule has 0 radical (unpaired) electrons. The second-order valence-corrected chi connectivity index (χ2v) is 10.9. The highest BCUT2D eigenvalue weighted by molar-refractivity contribution is 5.90. The number of nitrogens with zero attached hydrogens (tertiary/aromatic N) is 4. The van der Waals surface area contributed by atoms with Gasteiger partial charge in [-0.1, -0.05) is 0 Å². The summed E-state index contributed by atoms with van der Waals surface area (Å²) >= 11 is 0. The minimum Gasteiger partial charge on any atom is -0.486 e. The first kappa shape index (κ1) is 29.1. The van der Waals surface area contributed by atoms with Gasteiger partial charge in [-0.2, -0.15) is 0 Å². The number of rotatable bonds is 8. The summed E-state index contributed by atoms with van der Waals surface area (Å²) in [4.78, 5) is 37.0. The van der Waals surface area contributed by atoms with Crippen molar-refractivity contribution >= 4 is 28.9 Å². The Labute approximate surface area is 241 Å². The largest absolute Gasteiger partial charge is 0.486 e. The van der Waals surface area contributed by atoms with Gasteiger partial charge in [-0.3, -0.25) is 9.88 Å². The van der Waals surface area contributed by atoms with Crippen LogP contribution in [0.1, 0.15) is 32.8 Å². The highest BCUT2D eigenvalue weighted by Crippen LogP contribution is 2.35. The standard InChI is InChI=1S/C29H33FN4O8/c1-29(2,3)42-27(36)33(15-18-19(30)14-31-20-6-8-25(38-4)32-26(18)20)10-9-21(35)24-16-34(28(37)41-24)17-5-7-22-23(13-17)40-12-11-39-22/h5-8,13-14,21,24,35H,9-12,15-16H2,1-4H3. The molecule has 1 saturated heterocycles. The van der Waals surface area contributed by atoms with E-state index in [0.29, 0.717) is 35.9 Å². The predicted octanol–water partition coefficient (Wildman–Crippen LogP) is 4.06. The van der Waals surface area contributed by atoms with E-state index in [1.165, 1.54) is 16.9 Å². The van der Waals surface area contributed by atoms with Gasteiger partial charge in [-0.25, -0.2) is 19.0 Å². The predicted molar refractivity (Wildman–Crippen MR) is 148 cm³/mol. The molecule has 0 aliphatic carbocycles. The monoisotopic (exact) mass is 584 g/mol. The van der Waals surface area contributed by atoms with E-state index in [9.17, 15) is 14.7 Å². The van der Waals surface area contributed by atoms with Crippen LogP contribution in [0.2, 0.25) is 0 Å². The summed E-state index contributed by atoms with van der Waals surface area (Å²) in [6.45, 7) is 5.85. The van der Waals surface area contributed by atoms with Crippen LogP contribution in [0.4, 0.5) is 19.7 Å². The van der Waals surface area contributed by atoms with Crippen molar-refractivity contribution in [1.29, 1.82) is 0 Å². The van der Waals surface area contributed by atoms with Crippen molar-refractivity contribution in [3.05, 3.63) is 47.9 Å². The minimum absolute atomic E-state index is 0.0214. The van der Waals surface area contributed by atoms with E-state index in [1.807, 2.05) is 0 Å². The molecule has 2 atom stereocenters. The van der Waals surface area contributed by atoms with Crippen LogP contribution >= 0.6 is 0 Å². The Hall–Kier alpha value is -4.39. The zero-order valence-corrected chi connectivity index (χ0v) is 23.8. The van der Waals surface area contributed by atoms with Crippen molar-refractivity contribution in [3.8, 4) is 17.4 Å². The van der Waals surface area contributed by atoms with Gasteiger partial charge < -0.3 is 33.7 Å². The Balaban J connectivity index is 1.31. The summed E-state index contributed by atoms with van der Waals surface area (Å²) in [6.07, 6.45) is -2.23. The molecule has 1 aromatic carbocycles. The summed E-state index contributed by atoms with van der Waals surface area (Å²) in [6, 6.07) is 8.37. The molecule has 13 heteroatoms. The maximum atomic E-state index is 15.1. The van der Waals surface area contributed by atoms with Gasteiger partial charge in [0.1, 0.15) is 36.3 Å². The first-order valence-corrected chi connectivity index (χ1v) is 13.5. The first-order chi connectivity index (χ1) is 20.0. The van der Waals surface area contributed by atoms with Crippen LogP contribution in [0.25, 0.3) is 11.0 Å². The second kappa shape index (κ2) is 11.8. The molecule has 2 aliphatic rings. The van der Waals surface area contributed by atoms with Gasteiger partial charge in [0.25, 0.3) is 0 Å². The fraction of sp³-hybridized carbons (Fsp3) is 0.448. The van der Waals surface area contributed by atoms with E-state index < -0.39 is 35.8 Å². The quantitative estimate of drug-likeness (QED) is 0.413. The molecule has 42 heavy (non-hydrogen) atoms. The molecule has 2 amide bonds. The van der Waals surface area contributed by atoms with Gasteiger partial charge in [-0.15, -0.1) is 0 Å². The summed E-state index contributed by atoms with van der Waals surface area (Å²) in [5, 5.41) is 11.0. The fourth-order valence-electron chi connectivity index (χ4n) is 4.66. The number of benzene rings is 1. The third-order valence-electron chi connectivity index (χ3n) is 6.75. The van der Waals surface area contributed by atoms with E-state index in [4.69, 9.17) is 23.7 Å². The van der Waals surface area contributed by atoms with Crippen molar-refractivity contribution in [3.63, 3.8) is 0 Å². The van der Waals surface area contributed by atoms with Crippen molar-refractivity contribution in [2.75, 3.05) is 38.3 Å². The first-order valence-electron chi connectivity index (χ1n) is 13.5. The number of methoxy groups -OCH3 is 1. The number of ether oxygens (including phenoxy) is 5. The summed E-state index contributed by atoms with van der Waals surface area (Å²) in [5.74, 6) is 0.716. The number of aromatic nitrogens is 2. The smallest absolute Gasteiger partial charge is 0.414 e. The topological polar surface area (TPSA) is 133 Å². The summed E-state index contributed by atoms with van der Waals surface area (Å²) in [7, 11) is 1.44. The van der Waals surface area contributed by atoms with Crippen LogP contribution in [0.5, 0.6) is 17.4 Å². The van der Waals surface area contributed by atoms with Crippen LogP contribution in [0.3, 0.4) is 0 Å². The molecule has 2 aliphatic heterocycles. The molecular formula is C29H33FN4O8. The van der Waals surface area contributed by atoms with Crippen LogP contribution in [-0.4, -0.2) is 83.4 Å². The maximum absolute atomic E-state index is 15.1. The lowest BCUT2D eigenvalue weighted by Gasteiger charge is -2.29. The third-order valence-corrected chi connectivity index (χ3v) is 6.75. The van der Waals surface area contributed by atoms with Crippen molar-refractivity contribution in [2.45, 2.75) is 51.5 Å². The molecule has 2 unspecified atom stereocenters. The molecule has 5 rings (SSSR count). The fourth-order valence-corrected chi connectivity index (χ4v) is 4.66. The number of hydrogen-bond donors (Lipinski definition) is 1. The average Bonchev–Trinajstić information content (AvgIpc) is 3.36. The molecule has 12 nitrogen and oxygen atoms in total. The lowest BCUT2D eigenvalue weighted by atomic mass is 10.1. The average molecular weight is 585 g/mol. The van der Waals surface area contributed by atoms with Gasteiger partial charge in [0.05, 0.1) is 43.7 Å². The van der Waals surface area contributed by atoms with Gasteiger partial charge >= 0.3 is 12.2 Å². The number of cyclic esters (lactones) is 1. The lowest BCUT2D eigenvalue weighted by Crippen LogP contribution is -2.40. The maximum Gasteiger partial charge on any atom is 0.414 e. The molecule has 1 N–H and O–H groups in total. The van der Waals surface area contributed by atoms with Gasteiger partial charge in [0.15, 0.2) is 11.5 Å². The molecule has 1 fully saturated rings. The number of aliphatic hydroxyl groups excluding tert-OH is 1. The van der Waals surface area contributed by atoms with Crippen LogP contribution in [0.15, 0.2) is 36.5 Å². The highest BCUT2D eigenvalue weighted by atomic mass is 19.1. The summed E-state index contributed by atoms with van der Waals surface area (Å²) in [5.41, 5.74) is 0.504. The number of pyridine rings is 2. The Bertz CT molecular complexity index is 1480. The zero-order valence-electron chi connectivity index (χ0n) is 23.8. The Morgan fingerprint density at radius 2 is 1.98 bits per heavy atom. The van der Waals surface area contributed by atoms with Crippen LogP contribution in [-0.2, 0) is 16.0 Å². The van der Waals surface area contributed by atoms with Gasteiger partial charge in [0, 0.05) is 24.2 Å². The van der Waals surface area contributed by atoms with Crippen molar-refractivity contribution < 1.29 is 42.8 Å². The number of anilines is 1. The normalized spacial score (nSPS) is 17.1. The van der Waals surface area contributed by atoms with Crippen molar-refractivity contribution in [1.82, 2.24) is 14.9 Å². The summed E-state index contributed by atoms with van der Waals surface area (Å²) < 4.78 is 42.4.